The number of aromatic nitrogens is 1. The predicted molar refractivity (Wildman–Crippen MR) is 149 cm³/mol. The topological polar surface area (TPSA) is 66.8 Å². The molecule has 38 heavy (non-hydrogen) atoms. The zero-order valence-corrected chi connectivity index (χ0v) is 23.0. The first-order chi connectivity index (χ1) is 18.2. The van der Waals surface area contributed by atoms with Crippen LogP contribution in [0.2, 0.25) is 0 Å². The number of methoxy groups -OCH3 is 3. The van der Waals surface area contributed by atoms with Crippen molar-refractivity contribution in [3.8, 4) is 17.6 Å². The highest BCUT2D eigenvalue weighted by Crippen LogP contribution is 2.39. The highest BCUT2D eigenvalue weighted by atomic mass is 16.5. The van der Waals surface area contributed by atoms with Gasteiger partial charge in [0.25, 0.3) is 0 Å². The minimum Gasteiger partial charge on any atom is -0.497 e. The number of hydrogen-bond acceptors (Lipinski definition) is 5. The summed E-state index contributed by atoms with van der Waals surface area (Å²) >= 11 is 0. The van der Waals surface area contributed by atoms with Gasteiger partial charge < -0.3 is 18.8 Å². The minimum atomic E-state index is -1.62. The standard InChI is InChI=1S/C32H35NO5/c1-8-9-19-32(30(34)37-6,31(35)38-7)20-28-22(2)24(4)33(21-25-15-17-27(36-5)18-16-25)29(28)23(3)26-13-11-10-12-14-26/h10-18H,3,19-21H2,1-2,4-7H3. The van der Waals surface area contributed by atoms with Crippen molar-refractivity contribution < 1.29 is 23.8 Å². The fraction of sp³-hybridized carbons (Fsp3) is 0.312. The van der Waals surface area contributed by atoms with Crippen LogP contribution in [0, 0.1) is 31.1 Å². The molecule has 0 saturated heterocycles. The largest absolute Gasteiger partial charge is 0.497 e. The van der Waals surface area contributed by atoms with Crippen molar-refractivity contribution >= 4 is 17.5 Å². The van der Waals surface area contributed by atoms with Gasteiger partial charge in [-0.05, 0) is 60.7 Å². The zero-order valence-electron chi connectivity index (χ0n) is 23.0. The molecule has 0 spiro atoms. The number of esters is 2. The van der Waals surface area contributed by atoms with Gasteiger partial charge >= 0.3 is 11.9 Å². The lowest BCUT2D eigenvalue weighted by molar-refractivity contribution is -0.168. The molecule has 0 aliphatic rings. The van der Waals surface area contributed by atoms with Crippen LogP contribution < -0.4 is 4.74 Å². The molecule has 1 aromatic heterocycles. The number of hydrogen-bond donors (Lipinski definition) is 0. The van der Waals surface area contributed by atoms with E-state index in [1.54, 1.807) is 14.0 Å². The number of carbonyl (C=O) groups excluding carboxylic acids is 2. The van der Waals surface area contributed by atoms with Gasteiger partial charge in [0.2, 0.25) is 0 Å². The molecule has 198 valence electrons. The predicted octanol–water partition coefficient (Wildman–Crippen LogP) is 5.51. The van der Waals surface area contributed by atoms with Crippen LogP contribution in [0.25, 0.3) is 5.57 Å². The number of nitrogens with zero attached hydrogens (tertiary/aromatic N) is 1. The Kier molecular flexibility index (Phi) is 9.20. The van der Waals surface area contributed by atoms with Gasteiger partial charge in [0.05, 0.1) is 27.0 Å². The second kappa shape index (κ2) is 12.3. The molecule has 0 aliphatic heterocycles. The van der Waals surface area contributed by atoms with Crippen molar-refractivity contribution in [1.82, 2.24) is 4.57 Å². The lowest BCUT2D eigenvalue weighted by Gasteiger charge is -2.27. The van der Waals surface area contributed by atoms with Crippen LogP contribution in [-0.2, 0) is 32.0 Å². The summed E-state index contributed by atoms with van der Waals surface area (Å²) in [5.74, 6) is 5.15. The Morgan fingerprint density at radius 2 is 1.55 bits per heavy atom. The molecule has 0 fully saturated rings. The van der Waals surface area contributed by atoms with Gasteiger partial charge in [-0.25, -0.2) is 0 Å². The molecule has 0 bridgehead atoms. The average molecular weight is 514 g/mol. The maximum Gasteiger partial charge on any atom is 0.324 e. The monoisotopic (exact) mass is 513 g/mol. The quantitative estimate of drug-likeness (QED) is 0.203. The van der Waals surface area contributed by atoms with E-state index in [4.69, 9.17) is 14.2 Å². The van der Waals surface area contributed by atoms with Crippen molar-refractivity contribution in [3.05, 3.63) is 94.8 Å². The summed E-state index contributed by atoms with van der Waals surface area (Å²) < 4.78 is 17.8. The molecule has 0 saturated carbocycles. The minimum absolute atomic E-state index is 0.0255. The molecule has 6 nitrogen and oxygen atoms in total. The maximum absolute atomic E-state index is 13.2. The molecule has 2 aromatic carbocycles. The molecular weight excluding hydrogens is 478 g/mol. The summed E-state index contributed by atoms with van der Waals surface area (Å²) in [6, 6.07) is 17.8. The lowest BCUT2D eigenvalue weighted by atomic mass is 9.77. The first-order valence-electron chi connectivity index (χ1n) is 12.4. The summed E-state index contributed by atoms with van der Waals surface area (Å²) in [7, 11) is 4.19. The molecule has 6 heteroatoms. The van der Waals surface area contributed by atoms with Gasteiger partial charge in [-0.3, -0.25) is 9.59 Å². The van der Waals surface area contributed by atoms with Crippen molar-refractivity contribution in [2.45, 2.75) is 40.2 Å². The Labute approximate surface area is 225 Å². The van der Waals surface area contributed by atoms with Crippen molar-refractivity contribution in [1.29, 1.82) is 0 Å². The van der Waals surface area contributed by atoms with Crippen molar-refractivity contribution in [2.24, 2.45) is 5.41 Å². The molecule has 0 amide bonds. The molecule has 0 radical (unpaired) electrons. The third kappa shape index (κ3) is 5.52. The van der Waals surface area contributed by atoms with E-state index in [9.17, 15) is 9.59 Å². The van der Waals surface area contributed by atoms with E-state index in [1.165, 1.54) is 14.2 Å². The smallest absolute Gasteiger partial charge is 0.324 e. The highest BCUT2D eigenvalue weighted by molar-refractivity contribution is 6.01. The van der Waals surface area contributed by atoms with Crippen molar-refractivity contribution in [3.63, 3.8) is 0 Å². The van der Waals surface area contributed by atoms with Crippen LogP contribution >= 0.6 is 0 Å². The summed E-state index contributed by atoms with van der Waals surface area (Å²) in [5.41, 5.74) is 4.83. The van der Waals surface area contributed by atoms with E-state index in [-0.39, 0.29) is 12.8 Å². The SMILES string of the molecule is C=C(c1ccccc1)c1c(CC(CC#CC)(C(=O)OC)C(=O)OC)c(C)c(C)n1Cc1ccc(OC)cc1. The van der Waals surface area contributed by atoms with Gasteiger partial charge in [0, 0.05) is 25.1 Å². The Balaban J connectivity index is 2.27. The van der Waals surface area contributed by atoms with Gasteiger partial charge in [0.15, 0.2) is 5.41 Å². The van der Waals surface area contributed by atoms with E-state index in [0.717, 1.165) is 45.0 Å². The third-order valence-electron chi connectivity index (χ3n) is 7.06. The van der Waals surface area contributed by atoms with Gasteiger partial charge in [0.1, 0.15) is 5.75 Å². The van der Waals surface area contributed by atoms with E-state index < -0.39 is 17.4 Å². The fourth-order valence-corrected chi connectivity index (χ4v) is 4.74. The Morgan fingerprint density at radius 3 is 2.08 bits per heavy atom. The Morgan fingerprint density at radius 1 is 0.947 bits per heavy atom. The fourth-order valence-electron chi connectivity index (χ4n) is 4.74. The highest BCUT2D eigenvalue weighted by Gasteiger charge is 2.49. The van der Waals surface area contributed by atoms with Crippen LogP contribution in [0.5, 0.6) is 5.75 Å². The van der Waals surface area contributed by atoms with Crippen LogP contribution in [0.3, 0.4) is 0 Å². The summed E-state index contributed by atoms with van der Waals surface area (Å²) in [5, 5.41) is 0. The summed E-state index contributed by atoms with van der Waals surface area (Å²) in [6.45, 7) is 10.7. The molecular formula is C32H35NO5. The summed E-state index contributed by atoms with van der Waals surface area (Å²) in [6.07, 6.45) is 0.0345. The number of benzene rings is 2. The first kappa shape index (κ1) is 28.3. The van der Waals surface area contributed by atoms with Crippen LogP contribution in [0.1, 0.15) is 47.0 Å². The maximum atomic E-state index is 13.2. The van der Waals surface area contributed by atoms with E-state index in [0.29, 0.717) is 6.54 Å². The van der Waals surface area contributed by atoms with Gasteiger partial charge in [-0.15, -0.1) is 11.8 Å². The molecule has 3 rings (SSSR count). The van der Waals surface area contributed by atoms with Crippen LogP contribution in [0.15, 0.2) is 61.2 Å². The Bertz CT molecular complexity index is 1360. The van der Waals surface area contributed by atoms with E-state index in [1.807, 2.05) is 68.4 Å². The van der Waals surface area contributed by atoms with Crippen molar-refractivity contribution in [2.75, 3.05) is 21.3 Å². The van der Waals surface area contributed by atoms with E-state index >= 15 is 0 Å². The second-order valence-corrected chi connectivity index (χ2v) is 9.16. The molecule has 0 aliphatic carbocycles. The normalized spacial score (nSPS) is 10.8. The van der Waals surface area contributed by atoms with Gasteiger partial charge in [-0.2, -0.15) is 0 Å². The lowest BCUT2D eigenvalue weighted by Crippen LogP contribution is -2.43. The molecule has 3 aromatic rings. The first-order valence-corrected chi connectivity index (χ1v) is 12.4. The molecule has 1 heterocycles. The zero-order chi connectivity index (χ0) is 27.9. The molecule has 0 atom stereocenters. The molecule has 0 unspecified atom stereocenters. The van der Waals surface area contributed by atoms with E-state index in [2.05, 4.69) is 23.0 Å². The van der Waals surface area contributed by atoms with Crippen LogP contribution in [0.4, 0.5) is 0 Å². The van der Waals surface area contributed by atoms with Crippen LogP contribution in [-0.4, -0.2) is 37.8 Å². The second-order valence-electron chi connectivity index (χ2n) is 9.16. The number of carbonyl (C=O) groups is 2. The average Bonchev–Trinajstić information content (AvgIpc) is 3.18. The summed E-state index contributed by atoms with van der Waals surface area (Å²) in [4.78, 5) is 26.4. The third-order valence-corrected chi connectivity index (χ3v) is 7.06. The Hall–Kier alpha value is -4.24. The molecule has 0 N–H and O–H groups in total. The number of rotatable bonds is 10. The number of ether oxygens (including phenoxy) is 3. The van der Waals surface area contributed by atoms with Gasteiger partial charge in [-0.1, -0.05) is 49.0 Å².